The molecule has 1 rings (SSSR count). The molecule has 0 bridgehead atoms. The molecule has 0 saturated carbocycles. The third-order valence-electron chi connectivity index (χ3n) is 1.95. The van der Waals surface area contributed by atoms with Crippen molar-refractivity contribution in [3.63, 3.8) is 0 Å². The van der Waals surface area contributed by atoms with E-state index >= 15 is 0 Å². The SMILES string of the molecule is CC(C)NCc1nnnn1CCS(C)(=O)=O. The Kier molecular flexibility index (Phi) is 4.36. The molecular formula is C8H17N5O2S. The predicted molar refractivity (Wildman–Crippen MR) is 59.5 cm³/mol. The molecule has 0 aromatic carbocycles. The number of tetrazole rings is 1. The molecule has 0 spiro atoms. The van der Waals surface area contributed by atoms with Gasteiger partial charge in [0, 0.05) is 12.3 Å². The average molecular weight is 247 g/mol. The lowest BCUT2D eigenvalue weighted by molar-refractivity contribution is 0.526. The monoisotopic (exact) mass is 247 g/mol. The number of aromatic nitrogens is 4. The average Bonchev–Trinajstić information content (AvgIpc) is 2.57. The molecule has 1 N–H and O–H groups in total. The van der Waals surface area contributed by atoms with Crippen molar-refractivity contribution in [2.45, 2.75) is 33.0 Å². The number of hydrogen-bond donors (Lipinski definition) is 1. The van der Waals surface area contributed by atoms with E-state index in [4.69, 9.17) is 0 Å². The first-order valence-electron chi connectivity index (χ1n) is 5.04. The van der Waals surface area contributed by atoms with Crippen LogP contribution >= 0.6 is 0 Å². The topological polar surface area (TPSA) is 89.8 Å². The van der Waals surface area contributed by atoms with E-state index in [0.29, 0.717) is 25.0 Å². The summed E-state index contributed by atoms with van der Waals surface area (Å²) in [5.41, 5.74) is 0. The van der Waals surface area contributed by atoms with Gasteiger partial charge in [0.15, 0.2) is 5.82 Å². The largest absolute Gasteiger partial charge is 0.308 e. The van der Waals surface area contributed by atoms with Crippen LogP contribution < -0.4 is 5.32 Å². The summed E-state index contributed by atoms with van der Waals surface area (Å²) in [6, 6.07) is 0.333. The molecule has 1 aromatic rings. The van der Waals surface area contributed by atoms with Gasteiger partial charge in [0.2, 0.25) is 0 Å². The number of hydrogen-bond acceptors (Lipinski definition) is 6. The Balaban J connectivity index is 2.57. The zero-order chi connectivity index (χ0) is 12.2. The summed E-state index contributed by atoms with van der Waals surface area (Å²) in [5, 5.41) is 14.3. The van der Waals surface area contributed by atoms with Crippen molar-refractivity contribution >= 4 is 9.84 Å². The van der Waals surface area contributed by atoms with E-state index < -0.39 is 9.84 Å². The molecule has 7 nitrogen and oxygen atoms in total. The molecule has 16 heavy (non-hydrogen) atoms. The minimum absolute atomic E-state index is 0.0483. The fraction of sp³-hybridized carbons (Fsp3) is 0.875. The van der Waals surface area contributed by atoms with Crippen LogP contribution in [0.1, 0.15) is 19.7 Å². The van der Waals surface area contributed by atoms with Gasteiger partial charge < -0.3 is 5.32 Å². The Labute approximate surface area is 95.1 Å². The summed E-state index contributed by atoms with van der Waals surface area (Å²) in [4.78, 5) is 0. The maximum atomic E-state index is 11.0. The van der Waals surface area contributed by atoms with Crippen molar-refractivity contribution in [3.8, 4) is 0 Å². The number of aryl methyl sites for hydroxylation is 1. The summed E-state index contributed by atoms with van der Waals surface area (Å²) >= 11 is 0. The zero-order valence-corrected chi connectivity index (χ0v) is 10.5. The fourth-order valence-corrected chi connectivity index (χ4v) is 1.58. The van der Waals surface area contributed by atoms with Gasteiger partial charge in [-0.05, 0) is 10.4 Å². The summed E-state index contributed by atoms with van der Waals surface area (Å²) in [6.07, 6.45) is 1.20. The first-order valence-corrected chi connectivity index (χ1v) is 7.10. The number of sulfone groups is 1. The first kappa shape index (κ1) is 13.0. The van der Waals surface area contributed by atoms with E-state index in [1.165, 1.54) is 10.9 Å². The van der Waals surface area contributed by atoms with Gasteiger partial charge in [-0.15, -0.1) is 5.10 Å². The van der Waals surface area contributed by atoms with E-state index in [1.807, 2.05) is 13.8 Å². The van der Waals surface area contributed by atoms with Crippen LogP contribution in [-0.2, 0) is 22.9 Å². The maximum Gasteiger partial charge on any atom is 0.165 e. The Hall–Kier alpha value is -1.02. The van der Waals surface area contributed by atoms with Crippen LogP contribution in [0.3, 0.4) is 0 Å². The van der Waals surface area contributed by atoms with Gasteiger partial charge in [-0.1, -0.05) is 13.8 Å². The molecule has 0 amide bonds. The summed E-state index contributed by atoms with van der Waals surface area (Å²) in [6.45, 7) is 4.87. The third kappa shape index (κ3) is 4.67. The molecule has 92 valence electrons. The number of nitrogens with zero attached hydrogens (tertiary/aromatic N) is 4. The van der Waals surface area contributed by atoms with E-state index in [9.17, 15) is 8.42 Å². The van der Waals surface area contributed by atoms with Gasteiger partial charge in [-0.2, -0.15) is 0 Å². The molecule has 1 heterocycles. The number of rotatable bonds is 6. The highest BCUT2D eigenvalue weighted by Crippen LogP contribution is 1.95. The quantitative estimate of drug-likeness (QED) is 0.709. The Morgan fingerprint density at radius 1 is 1.44 bits per heavy atom. The number of nitrogens with one attached hydrogen (secondary N) is 1. The molecule has 8 heteroatoms. The molecule has 0 radical (unpaired) electrons. The van der Waals surface area contributed by atoms with Gasteiger partial charge in [-0.3, -0.25) is 0 Å². The summed E-state index contributed by atoms with van der Waals surface area (Å²) in [5.74, 6) is 0.699. The third-order valence-corrected chi connectivity index (χ3v) is 2.87. The molecule has 0 fully saturated rings. The van der Waals surface area contributed by atoms with E-state index in [1.54, 1.807) is 0 Å². The van der Waals surface area contributed by atoms with Crippen LogP contribution in [0.2, 0.25) is 0 Å². The van der Waals surface area contributed by atoms with E-state index in [0.717, 1.165) is 0 Å². The van der Waals surface area contributed by atoms with Crippen molar-refractivity contribution in [1.82, 2.24) is 25.5 Å². The van der Waals surface area contributed by atoms with Crippen LogP contribution in [-0.4, -0.2) is 46.7 Å². The van der Waals surface area contributed by atoms with Crippen LogP contribution in [0.25, 0.3) is 0 Å². The van der Waals surface area contributed by atoms with Gasteiger partial charge in [0.1, 0.15) is 9.84 Å². The van der Waals surface area contributed by atoms with Crippen molar-refractivity contribution in [2.75, 3.05) is 12.0 Å². The Bertz CT molecular complexity index is 425. The van der Waals surface area contributed by atoms with Crippen molar-refractivity contribution in [3.05, 3.63) is 5.82 Å². The summed E-state index contributed by atoms with van der Waals surface area (Å²) < 4.78 is 23.5. The van der Waals surface area contributed by atoms with E-state index in [-0.39, 0.29) is 5.75 Å². The Morgan fingerprint density at radius 2 is 2.12 bits per heavy atom. The second-order valence-corrected chi connectivity index (χ2v) is 6.24. The molecule has 0 aliphatic heterocycles. The molecular weight excluding hydrogens is 230 g/mol. The van der Waals surface area contributed by atoms with Gasteiger partial charge >= 0.3 is 0 Å². The molecule has 0 aliphatic rings. The van der Waals surface area contributed by atoms with Gasteiger partial charge in [0.25, 0.3) is 0 Å². The zero-order valence-electron chi connectivity index (χ0n) is 9.71. The van der Waals surface area contributed by atoms with Gasteiger partial charge in [-0.25, -0.2) is 13.1 Å². The predicted octanol–water partition coefficient (Wildman–Crippen LogP) is -0.784. The van der Waals surface area contributed by atoms with Crippen LogP contribution in [0.15, 0.2) is 0 Å². The lowest BCUT2D eigenvalue weighted by Crippen LogP contribution is -2.25. The lowest BCUT2D eigenvalue weighted by atomic mass is 10.4. The molecule has 0 saturated heterocycles. The smallest absolute Gasteiger partial charge is 0.165 e. The van der Waals surface area contributed by atoms with Gasteiger partial charge in [0.05, 0.1) is 18.8 Å². The maximum absolute atomic E-state index is 11.0. The minimum Gasteiger partial charge on any atom is -0.308 e. The van der Waals surface area contributed by atoms with Crippen molar-refractivity contribution in [1.29, 1.82) is 0 Å². The van der Waals surface area contributed by atoms with E-state index in [2.05, 4.69) is 20.8 Å². The molecule has 1 aromatic heterocycles. The molecule has 0 unspecified atom stereocenters. The fourth-order valence-electron chi connectivity index (χ4n) is 1.07. The highest BCUT2D eigenvalue weighted by Gasteiger charge is 2.09. The standard InChI is InChI=1S/C8H17N5O2S/c1-7(2)9-6-8-10-11-12-13(8)4-5-16(3,14)15/h7,9H,4-6H2,1-3H3. The molecule has 0 atom stereocenters. The van der Waals surface area contributed by atoms with Crippen LogP contribution in [0.5, 0.6) is 0 Å². The van der Waals surface area contributed by atoms with Crippen molar-refractivity contribution in [2.24, 2.45) is 0 Å². The second kappa shape index (κ2) is 5.35. The summed E-state index contributed by atoms with van der Waals surface area (Å²) in [7, 11) is -2.99. The second-order valence-electron chi connectivity index (χ2n) is 3.98. The minimum atomic E-state index is -2.99. The van der Waals surface area contributed by atoms with Crippen LogP contribution in [0.4, 0.5) is 0 Å². The lowest BCUT2D eigenvalue weighted by Gasteiger charge is -2.07. The van der Waals surface area contributed by atoms with Crippen LogP contribution in [0, 0.1) is 0 Å². The molecule has 0 aliphatic carbocycles. The first-order chi connectivity index (χ1) is 7.38. The highest BCUT2D eigenvalue weighted by molar-refractivity contribution is 7.90. The normalized spacial score (nSPS) is 12.2. The van der Waals surface area contributed by atoms with Crippen molar-refractivity contribution < 1.29 is 8.42 Å². The highest BCUT2D eigenvalue weighted by atomic mass is 32.2. The Morgan fingerprint density at radius 3 is 2.69 bits per heavy atom.